The Morgan fingerprint density at radius 2 is 2.21 bits per heavy atom. The summed E-state index contributed by atoms with van der Waals surface area (Å²) in [6, 6.07) is 3.28. The zero-order chi connectivity index (χ0) is 13.4. The summed E-state index contributed by atoms with van der Waals surface area (Å²) >= 11 is 3.43. The molecule has 1 aliphatic heterocycles. The lowest BCUT2D eigenvalue weighted by molar-refractivity contribution is 0.0697. The molecule has 0 bridgehead atoms. The number of pyridine rings is 1. The van der Waals surface area contributed by atoms with Gasteiger partial charge in [-0.15, -0.1) is 0 Å². The monoisotopic (exact) mass is 323 g/mol. The summed E-state index contributed by atoms with van der Waals surface area (Å²) in [6.45, 7) is 2.01. The topological polar surface area (TPSA) is 66.6 Å². The van der Waals surface area contributed by atoms with E-state index in [0.29, 0.717) is 10.5 Å². The number of carboxylic acids is 1. The molecule has 100 valence electrons. The van der Waals surface area contributed by atoms with Crippen molar-refractivity contribution in [3.63, 3.8) is 0 Å². The van der Waals surface area contributed by atoms with Crippen molar-refractivity contribution >= 4 is 27.4 Å². The number of imidazole rings is 1. The molecule has 1 saturated heterocycles. The summed E-state index contributed by atoms with van der Waals surface area (Å²) < 4.78 is 2.70. The smallest absolute Gasteiger partial charge is 0.335 e. The van der Waals surface area contributed by atoms with Crippen LogP contribution < -0.4 is 5.32 Å². The molecule has 3 rings (SSSR count). The molecule has 2 aromatic rings. The van der Waals surface area contributed by atoms with E-state index in [2.05, 4.69) is 26.2 Å². The van der Waals surface area contributed by atoms with Crippen LogP contribution in [0.2, 0.25) is 0 Å². The van der Waals surface area contributed by atoms with Crippen LogP contribution in [0.25, 0.3) is 5.52 Å². The Labute approximate surface area is 118 Å². The second kappa shape index (κ2) is 4.94. The van der Waals surface area contributed by atoms with E-state index in [1.165, 1.54) is 0 Å². The first-order valence-electron chi connectivity index (χ1n) is 6.28. The SMILES string of the molecule is O=C(O)c1ccn2c(C3CCNCC3)nc(Br)c2c1. The van der Waals surface area contributed by atoms with Gasteiger partial charge in [0.25, 0.3) is 0 Å². The Balaban J connectivity index is 2.08. The molecular weight excluding hydrogens is 310 g/mol. The highest BCUT2D eigenvalue weighted by atomic mass is 79.9. The maximum atomic E-state index is 11.0. The van der Waals surface area contributed by atoms with Crippen LogP contribution in [0.4, 0.5) is 0 Å². The van der Waals surface area contributed by atoms with Gasteiger partial charge in [-0.05, 0) is 54.0 Å². The summed E-state index contributed by atoms with van der Waals surface area (Å²) in [7, 11) is 0. The molecule has 1 aliphatic rings. The van der Waals surface area contributed by atoms with Crippen LogP contribution in [0.5, 0.6) is 0 Å². The third-order valence-corrected chi connectivity index (χ3v) is 4.16. The average molecular weight is 324 g/mol. The van der Waals surface area contributed by atoms with E-state index >= 15 is 0 Å². The number of nitrogens with one attached hydrogen (secondary N) is 1. The maximum absolute atomic E-state index is 11.0. The van der Waals surface area contributed by atoms with Crippen molar-refractivity contribution in [3.05, 3.63) is 34.3 Å². The molecule has 0 saturated carbocycles. The number of aromatic carboxylic acids is 1. The van der Waals surface area contributed by atoms with Gasteiger partial charge in [-0.1, -0.05) is 0 Å². The molecule has 2 N–H and O–H groups in total. The van der Waals surface area contributed by atoms with Crippen molar-refractivity contribution in [2.75, 3.05) is 13.1 Å². The number of carboxylic acid groups (broad SMARTS) is 1. The second-order valence-corrected chi connectivity index (χ2v) is 5.51. The van der Waals surface area contributed by atoms with E-state index in [4.69, 9.17) is 5.11 Å². The fourth-order valence-corrected chi connectivity index (χ4v) is 3.06. The molecule has 0 amide bonds. The summed E-state index contributed by atoms with van der Waals surface area (Å²) in [5.74, 6) is 0.523. The molecule has 5 nitrogen and oxygen atoms in total. The van der Waals surface area contributed by atoms with Gasteiger partial charge in [0.1, 0.15) is 10.4 Å². The lowest BCUT2D eigenvalue weighted by Crippen LogP contribution is -2.27. The van der Waals surface area contributed by atoms with Gasteiger partial charge in [-0.25, -0.2) is 9.78 Å². The summed E-state index contributed by atoms with van der Waals surface area (Å²) in [5.41, 5.74) is 1.10. The highest BCUT2D eigenvalue weighted by Gasteiger charge is 2.21. The third kappa shape index (κ3) is 2.26. The Bertz CT molecular complexity index is 632. The van der Waals surface area contributed by atoms with Crippen molar-refractivity contribution in [2.45, 2.75) is 18.8 Å². The minimum absolute atomic E-state index is 0.282. The average Bonchev–Trinajstić information content (AvgIpc) is 2.77. The number of carbonyl (C=O) groups is 1. The summed E-state index contributed by atoms with van der Waals surface area (Å²) in [5, 5.41) is 12.4. The molecule has 0 spiro atoms. The van der Waals surface area contributed by atoms with Crippen molar-refractivity contribution in [1.82, 2.24) is 14.7 Å². The van der Waals surface area contributed by atoms with Gasteiger partial charge in [-0.3, -0.25) is 0 Å². The van der Waals surface area contributed by atoms with Crippen LogP contribution in [-0.2, 0) is 0 Å². The van der Waals surface area contributed by atoms with Gasteiger partial charge >= 0.3 is 5.97 Å². The molecule has 1 fully saturated rings. The van der Waals surface area contributed by atoms with E-state index in [1.807, 2.05) is 4.40 Å². The van der Waals surface area contributed by atoms with Gasteiger partial charge in [0.2, 0.25) is 0 Å². The number of hydrogen-bond acceptors (Lipinski definition) is 3. The van der Waals surface area contributed by atoms with E-state index in [0.717, 1.165) is 37.3 Å². The molecule has 0 radical (unpaired) electrons. The molecule has 0 atom stereocenters. The van der Waals surface area contributed by atoms with E-state index in [-0.39, 0.29) is 5.56 Å². The highest BCUT2D eigenvalue weighted by Crippen LogP contribution is 2.29. The van der Waals surface area contributed by atoms with Crippen LogP contribution in [0.15, 0.2) is 22.9 Å². The number of rotatable bonds is 2. The molecule has 2 aromatic heterocycles. The maximum Gasteiger partial charge on any atom is 0.335 e. The highest BCUT2D eigenvalue weighted by molar-refractivity contribution is 9.10. The summed E-state index contributed by atoms with van der Waals surface area (Å²) in [4.78, 5) is 15.6. The number of halogens is 1. The van der Waals surface area contributed by atoms with Crippen LogP contribution in [0.1, 0.15) is 34.9 Å². The van der Waals surface area contributed by atoms with Crippen LogP contribution in [0, 0.1) is 0 Å². The zero-order valence-corrected chi connectivity index (χ0v) is 11.9. The fourth-order valence-electron chi connectivity index (χ4n) is 2.57. The minimum Gasteiger partial charge on any atom is -0.478 e. The van der Waals surface area contributed by atoms with Crippen LogP contribution in [-0.4, -0.2) is 33.6 Å². The first-order valence-corrected chi connectivity index (χ1v) is 7.07. The van der Waals surface area contributed by atoms with Crippen LogP contribution >= 0.6 is 15.9 Å². The number of hydrogen-bond donors (Lipinski definition) is 2. The van der Waals surface area contributed by atoms with E-state index < -0.39 is 5.97 Å². The quantitative estimate of drug-likeness (QED) is 0.889. The van der Waals surface area contributed by atoms with Gasteiger partial charge in [0.05, 0.1) is 11.1 Å². The van der Waals surface area contributed by atoms with Crippen LogP contribution in [0.3, 0.4) is 0 Å². The minimum atomic E-state index is -0.918. The Morgan fingerprint density at radius 3 is 2.89 bits per heavy atom. The zero-order valence-electron chi connectivity index (χ0n) is 10.3. The third-order valence-electron chi connectivity index (χ3n) is 3.58. The predicted octanol–water partition coefficient (Wildman–Crippen LogP) is 2.26. The fraction of sp³-hybridized carbons (Fsp3) is 0.385. The number of piperidine rings is 1. The van der Waals surface area contributed by atoms with Gasteiger partial charge < -0.3 is 14.8 Å². The molecule has 0 aromatic carbocycles. The summed E-state index contributed by atoms with van der Waals surface area (Å²) in [6.07, 6.45) is 3.92. The van der Waals surface area contributed by atoms with Crippen molar-refractivity contribution < 1.29 is 9.90 Å². The lowest BCUT2D eigenvalue weighted by Gasteiger charge is -2.21. The molecule has 0 unspecified atom stereocenters. The standard InChI is InChI=1S/C13H14BrN3O2/c14-11-10-7-9(13(18)19)3-6-17(10)12(16-11)8-1-4-15-5-2-8/h3,6-8,15H,1-2,4-5H2,(H,18,19). The first kappa shape index (κ1) is 12.6. The molecule has 6 heteroatoms. The van der Waals surface area contributed by atoms with Gasteiger partial charge in [0, 0.05) is 12.1 Å². The molecule has 3 heterocycles. The van der Waals surface area contributed by atoms with Crippen molar-refractivity contribution in [2.24, 2.45) is 0 Å². The van der Waals surface area contributed by atoms with Crippen molar-refractivity contribution in [3.8, 4) is 0 Å². The van der Waals surface area contributed by atoms with E-state index in [9.17, 15) is 4.79 Å². The molecule has 0 aliphatic carbocycles. The van der Waals surface area contributed by atoms with Gasteiger partial charge in [-0.2, -0.15) is 0 Å². The Morgan fingerprint density at radius 1 is 1.47 bits per heavy atom. The normalized spacial score (nSPS) is 16.9. The predicted molar refractivity (Wildman–Crippen MR) is 74.7 cm³/mol. The largest absolute Gasteiger partial charge is 0.478 e. The van der Waals surface area contributed by atoms with Crippen molar-refractivity contribution in [1.29, 1.82) is 0 Å². The number of aromatic nitrogens is 2. The lowest BCUT2D eigenvalue weighted by atomic mass is 9.97. The van der Waals surface area contributed by atoms with Gasteiger partial charge in [0.15, 0.2) is 0 Å². The molecular formula is C13H14BrN3O2. The number of fused-ring (bicyclic) bond motifs is 1. The molecule has 19 heavy (non-hydrogen) atoms. The Kier molecular flexibility index (Phi) is 3.28. The number of nitrogens with zero attached hydrogens (tertiary/aromatic N) is 2. The second-order valence-electron chi connectivity index (χ2n) is 4.76. The Hall–Kier alpha value is -1.40. The first-order chi connectivity index (χ1) is 9.16. The van der Waals surface area contributed by atoms with E-state index in [1.54, 1.807) is 18.3 Å².